The number of aryl methyl sites for hydroxylation is 2. The third-order valence-electron chi connectivity index (χ3n) is 4.27. The van der Waals surface area contributed by atoms with E-state index >= 15 is 0 Å². The van der Waals surface area contributed by atoms with Crippen LogP contribution >= 0.6 is 0 Å². The summed E-state index contributed by atoms with van der Waals surface area (Å²) in [5, 5.41) is 12.9. The van der Waals surface area contributed by atoms with E-state index in [1.807, 2.05) is 7.05 Å². The van der Waals surface area contributed by atoms with Crippen LogP contribution in [0.5, 0.6) is 0 Å². The molecule has 0 saturated carbocycles. The Hall–Kier alpha value is -1.06. The Bertz CT molecular complexity index is 413. The zero-order valence-electron chi connectivity index (χ0n) is 11.7. The lowest BCUT2D eigenvalue weighted by atomic mass is 9.89. The van der Waals surface area contributed by atoms with E-state index < -0.39 is 0 Å². The lowest BCUT2D eigenvalue weighted by molar-refractivity contribution is 0.149. The monoisotopic (exact) mass is 248 g/mol. The van der Waals surface area contributed by atoms with E-state index in [9.17, 15) is 5.11 Å². The SMILES string of the molecule is CNC1(CO)CCCN(c2ccc(C)c(C)c2)C1. The molecular formula is C15H24N2O. The number of nitrogens with one attached hydrogen (secondary N) is 1. The molecule has 1 fully saturated rings. The Morgan fingerprint density at radius 3 is 2.72 bits per heavy atom. The minimum Gasteiger partial charge on any atom is -0.394 e. The number of piperidine rings is 1. The van der Waals surface area contributed by atoms with Gasteiger partial charge in [-0.3, -0.25) is 0 Å². The molecule has 0 spiro atoms. The molecule has 100 valence electrons. The van der Waals surface area contributed by atoms with E-state index in [0.717, 1.165) is 25.9 Å². The van der Waals surface area contributed by atoms with Crippen molar-refractivity contribution in [2.24, 2.45) is 0 Å². The van der Waals surface area contributed by atoms with Gasteiger partial charge in [-0.05, 0) is 57.0 Å². The molecule has 2 N–H and O–H groups in total. The second kappa shape index (κ2) is 5.29. The third-order valence-corrected chi connectivity index (χ3v) is 4.27. The van der Waals surface area contributed by atoms with Gasteiger partial charge in [0.25, 0.3) is 0 Å². The molecule has 1 saturated heterocycles. The number of rotatable bonds is 3. The van der Waals surface area contributed by atoms with Gasteiger partial charge in [-0.25, -0.2) is 0 Å². The predicted octanol–water partition coefficient (Wildman–Crippen LogP) is 1.85. The molecular weight excluding hydrogens is 224 g/mol. The van der Waals surface area contributed by atoms with Crippen LogP contribution < -0.4 is 10.2 Å². The van der Waals surface area contributed by atoms with Crippen molar-refractivity contribution in [2.75, 3.05) is 31.6 Å². The van der Waals surface area contributed by atoms with Crippen LogP contribution in [0, 0.1) is 13.8 Å². The van der Waals surface area contributed by atoms with E-state index in [0.29, 0.717) is 0 Å². The lowest BCUT2D eigenvalue weighted by Gasteiger charge is -2.43. The van der Waals surface area contributed by atoms with Crippen LogP contribution in [0.2, 0.25) is 0 Å². The average molecular weight is 248 g/mol. The Balaban J connectivity index is 2.20. The van der Waals surface area contributed by atoms with Crippen LogP contribution in [0.3, 0.4) is 0 Å². The maximum atomic E-state index is 9.62. The van der Waals surface area contributed by atoms with Crippen molar-refractivity contribution < 1.29 is 5.11 Å². The molecule has 1 aromatic carbocycles. The lowest BCUT2D eigenvalue weighted by Crippen LogP contribution is -2.58. The van der Waals surface area contributed by atoms with E-state index in [4.69, 9.17) is 0 Å². The van der Waals surface area contributed by atoms with E-state index in [1.54, 1.807) is 0 Å². The minimum atomic E-state index is -0.142. The first-order chi connectivity index (χ1) is 8.60. The number of hydrogen-bond donors (Lipinski definition) is 2. The summed E-state index contributed by atoms with van der Waals surface area (Å²) < 4.78 is 0. The summed E-state index contributed by atoms with van der Waals surface area (Å²) in [6.07, 6.45) is 2.16. The predicted molar refractivity (Wildman–Crippen MR) is 76.2 cm³/mol. The van der Waals surface area contributed by atoms with Crippen LogP contribution in [0.25, 0.3) is 0 Å². The number of nitrogens with zero attached hydrogens (tertiary/aromatic N) is 1. The zero-order chi connectivity index (χ0) is 13.2. The highest BCUT2D eigenvalue weighted by Gasteiger charge is 2.33. The van der Waals surface area contributed by atoms with Crippen LogP contribution in [-0.2, 0) is 0 Å². The molecule has 0 aromatic heterocycles. The number of benzene rings is 1. The van der Waals surface area contributed by atoms with Crippen molar-refractivity contribution in [3.8, 4) is 0 Å². The van der Waals surface area contributed by atoms with Crippen LogP contribution in [-0.4, -0.2) is 37.4 Å². The summed E-state index contributed by atoms with van der Waals surface area (Å²) in [4.78, 5) is 2.38. The Morgan fingerprint density at radius 2 is 2.11 bits per heavy atom. The molecule has 0 aliphatic carbocycles. The quantitative estimate of drug-likeness (QED) is 0.857. The largest absolute Gasteiger partial charge is 0.394 e. The molecule has 1 aromatic rings. The summed E-state index contributed by atoms with van der Waals surface area (Å²) in [5.74, 6) is 0. The van der Waals surface area contributed by atoms with Crippen molar-refractivity contribution in [2.45, 2.75) is 32.2 Å². The molecule has 1 aliphatic heterocycles. The first-order valence-corrected chi connectivity index (χ1v) is 6.72. The number of aliphatic hydroxyl groups excluding tert-OH is 1. The number of anilines is 1. The second-order valence-corrected chi connectivity index (χ2v) is 5.48. The molecule has 3 nitrogen and oxygen atoms in total. The smallest absolute Gasteiger partial charge is 0.0630 e. The number of hydrogen-bond acceptors (Lipinski definition) is 3. The summed E-state index contributed by atoms with van der Waals surface area (Å²) >= 11 is 0. The molecule has 2 rings (SSSR count). The first kappa shape index (κ1) is 13.4. The number of likely N-dealkylation sites (N-methyl/N-ethyl adjacent to an activating group) is 1. The zero-order valence-corrected chi connectivity index (χ0v) is 11.7. The first-order valence-electron chi connectivity index (χ1n) is 6.72. The second-order valence-electron chi connectivity index (χ2n) is 5.48. The van der Waals surface area contributed by atoms with Crippen molar-refractivity contribution >= 4 is 5.69 Å². The molecule has 1 heterocycles. The Kier molecular flexibility index (Phi) is 3.93. The summed E-state index contributed by atoms with van der Waals surface area (Å²) in [5.41, 5.74) is 3.79. The molecule has 1 unspecified atom stereocenters. The van der Waals surface area contributed by atoms with Crippen molar-refractivity contribution in [1.82, 2.24) is 5.32 Å². The van der Waals surface area contributed by atoms with Crippen LogP contribution in [0.1, 0.15) is 24.0 Å². The molecule has 0 amide bonds. The average Bonchev–Trinajstić information content (AvgIpc) is 2.42. The molecule has 3 heteroatoms. The van der Waals surface area contributed by atoms with Gasteiger partial charge in [0.05, 0.1) is 12.1 Å². The van der Waals surface area contributed by atoms with E-state index in [-0.39, 0.29) is 12.1 Å². The van der Waals surface area contributed by atoms with Gasteiger partial charge in [0.2, 0.25) is 0 Å². The maximum Gasteiger partial charge on any atom is 0.0630 e. The van der Waals surface area contributed by atoms with Gasteiger partial charge in [-0.1, -0.05) is 6.07 Å². The maximum absolute atomic E-state index is 9.62. The van der Waals surface area contributed by atoms with E-state index in [2.05, 4.69) is 42.3 Å². The van der Waals surface area contributed by atoms with Gasteiger partial charge in [0, 0.05) is 18.8 Å². The van der Waals surface area contributed by atoms with Gasteiger partial charge in [-0.15, -0.1) is 0 Å². The molecule has 1 aliphatic rings. The van der Waals surface area contributed by atoms with Gasteiger partial charge in [-0.2, -0.15) is 0 Å². The normalized spacial score (nSPS) is 24.3. The topological polar surface area (TPSA) is 35.5 Å². The van der Waals surface area contributed by atoms with Crippen molar-refractivity contribution in [3.05, 3.63) is 29.3 Å². The third kappa shape index (κ3) is 2.52. The highest BCUT2D eigenvalue weighted by molar-refractivity contribution is 5.51. The Labute approximate surface area is 110 Å². The fourth-order valence-electron chi connectivity index (χ4n) is 2.69. The molecule has 18 heavy (non-hydrogen) atoms. The molecule has 0 bridgehead atoms. The van der Waals surface area contributed by atoms with Gasteiger partial charge < -0.3 is 15.3 Å². The minimum absolute atomic E-state index is 0.142. The molecule has 0 radical (unpaired) electrons. The highest BCUT2D eigenvalue weighted by atomic mass is 16.3. The van der Waals surface area contributed by atoms with Crippen molar-refractivity contribution in [1.29, 1.82) is 0 Å². The summed E-state index contributed by atoms with van der Waals surface area (Å²) in [6, 6.07) is 6.61. The fourth-order valence-corrected chi connectivity index (χ4v) is 2.69. The standard InChI is InChI=1S/C15H24N2O/c1-12-5-6-14(9-13(12)2)17-8-4-7-15(10-17,11-18)16-3/h5-6,9,16,18H,4,7-8,10-11H2,1-3H3. The van der Waals surface area contributed by atoms with E-state index in [1.165, 1.54) is 16.8 Å². The summed E-state index contributed by atoms with van der Waals surface area (Å²) in [6.45, 7) is 6.44. The molecule has 1 atom stereocenters. The van der Waals surface area contributed by atoms with Gasteiger partial charge in [0.1, 0.15) is 0 Å². The van der Waals surface area contributed by atoms with Crippen molar-refractivity contribution in [3.63, 3.8) is 0 Å². The Morgan fingerprint density at radius 1 is 1.33 bits per heavy atom. The van der Waals surface area contributed by atoms with Gasteiger partial charge >= 0.3 is 0 Å². The fraction of sp³-hybridized carbons (Fsp3) is 0.600. The van der Waals surface area contributed by atoms with Gasteiger partial charge in [0.15, 0.2) is 0 Å². The van der Waals surface area contributed by atoms with Crippen LogP contribution in [0.15, 0.2) is 18.2 Å². The highest BCUT2D eigenvalue weighted by Crippen LogP contribution is 2.27. The number of aliphatic hydroxyl groups is 1. The van der Waals surface area contributed by atoms with Crippen LogP contribution in [0.4, 0.5) is 5.69 Å². The summed E-state index contributed by atoms with van der Waals surface area (Å²) in [7, 11) is 1.94.